The average molecular weight is 437 g/mol. The Morgan fingerprint density at radius 1 is 0.970 bits per heavy atom. The van der Waals surface area contributed by atoms with Gasteiger partial charge in [-0.05, 0) is 58.3 Å². The molecule has 0 aliphatic heterocycles. The van der Waals surface area contributed by atoms with Crippen LogP contribution in [0.15, 0.2) is 71.3 Å². The van der Waals surface area contributed by atoms with Gasteiger partial charge in [-0.1, -0.05) is 64.0 Å². The molecule has 1 aliphatic carbocycles. The van der Waals surface area contributed by atoms with Crippen molar-refractivity contribution in [1.29, 1.82) is 0 Å². The summed E-state index contributed by atoms with van der Waals surface area (Å²) in [6.07, 6.45) is 2.00. The molecular weight excluding hydrogens is 402 g/mol. The van der Waals surface area contributed by atoms with Crippen LogP contribution < -0.4 is 4.57 Å². The lowest BCUT2D eigenvalue weighted by atomic mass is 9.82. The minimum atomic E-state index is -2.21. The number of nitrogens with zero attached hydrogens (tertiary/aromatic N) is 1. The number of aromatic nitrogens is 1. The maximum Gasteiger partial charge on any atom is 0.216 e. The van der Waals surface area contributed by atoms with E-state index in [0.29, 0.717) is 0 Å². The first kappa shape index (κ1) is 16.3. The second-order valence-corrected chi connectivity index (χ2v) is 9.71. The number of aryl methyl sites for hydroxylation is 2. The Labute approximate surface area is 201 Å². The lowest BCUT2D eigenvalue weighted by Gasteiger charge is -2.21. The van der Waals surface area contributed by atoms with Gasteiger partial charge < -0.3 is 4.42 Å². The molecule has 0 saturated carbocycles. The highest BCUT2D eigenvalue weighted by molar-refractivity contribution is 6.11. The van der Waals surface area contributed by atoms with E-state index >= 15 is 0 Å². The van der Waals surface area contributed by atoms with Gasteiger partial charge in [0, 0.05) is 33.8 Å². The molecule has 5 aromatic rings. The monoisotopic (exact) mass is 436 g/mol. The van der Waals surface area contributed by atoms with E-state index in [9.17, 15) is 0 Å². The van der Waals surface area contributed by atoms with E-state index in [4.69, 9.17) is 9.90 Å². The molecule has 0 spiro atoms. The number of hydrogen-bond donors (Lipinski definition) is 0. The molecule has 1 atom stereocenters. The number of fused-ring (bicyclic) bond motifs is 6. The first-order chi connectivity index (χ1) is 17.3. The Morgan fingerprint density at radius 3 is 2.58 bits per heavy atom. The van der Waals surface area contributed by atoms with Crippen LogP contribution in [0.2, 0.25) is 0 Å². The van der Waals surface area contributed by atoms with Crippen LogP contribution in [-0.4, -0.2) is 0 Å². The fraction of sp³-hybridized carbons (Fsp3) is 0.258. The Hall–Kier alpha value is -3.39. The molecule has 0 fully saturated rings. The van der Waals surface area contributed by atoms with Crippen molar-refractivity contribution in [2.45, 2.75) is 45.9 Å². The van der Waals surface area contributed by atoms with Crippen LogP contribution >= 0.6 is 0 Å². The maximum atomic E-state index is 8.55. The predicted octanol–water partition coefficient (Wildman–Crippen LogP) is 7.82. The van der Waals surface area contributed by atoms with E-state index in [1.165, 1.54) is 0 Å². The minimum Gasteiger partial charge on any atom is -0.455 e. The fourth-order valence-corrected chi connectivity index (χ4v) is 5.37. The molecule has 2 heterocycles. The second-order valence-electron chi connectivity index (χ2n) is 9.71. The largest absolute Gasteiger partial charge is 0.455 e. The van der Waals surface area contributed by atoms with Gasteiger partial charge in [0.1, 0.15) is 18.2 Å². The lowest BCUT2D eigenvalue weighted by molar-refractivity contribution is -0.660. The quantitative estimate of drug-likeness (QED) is 0.258. The molecule has 6 rings (SSSR count). The zero-order chi connectivity index (χ0) is 26.5. The van der Waals surface area contributed by atoms with Gasteiger partial charge in [-0.25, -0.2) is 4.57 Å². The van der Waals surface area contributed by atoms with Crippen molar-refractivity contribution < 1.29 is 14.5 Å². The van der Waals surface area contributed by atoms with E-state index in [2.05, 4.69) is 29.7 Å². The molecule has 0 N–H and O–H groups in total. The van der Waals surface area contributed by atoms with Crippen LogP contribution in [0.4, 0.5) is 0 Å². The highest BCUT2D eigenvalue weighted by atomic mass is 16.3. The minimum absolute atomic E-state index is 0.730. The molecule has 2 heteroatoms. The van der Waals surface area contributed by atoms with E-state index in [-0.39, 0.29) is 0 Å². The summed E-state index contributed by atoms with van der Waals surface area (Å²) in [7, 11) is 2.00. The van der Waals surface area contributed by atoms with Crippen molar-refractivity contribution in [1.82, 2.24) is 0 Å². The first-order valence-corrected chi connectivity index (χ1v) is 11.4. The molecule has 1 aliphatic rings. The average Bonchev–Trinajstić information content (AvgIpc) is 3.31. The number of furan rings is 1. The van der Waals surface area contributed by atoms with Crippen molar-refractivity contribution in [3.05, 3.63) is 89.1 Å². The van der Waals surface area contributed by atoms with E-state index in [1.807, 2.05) is 76.5 Å². The second kappa shape index (κ2) is 6.81. The van der Waals surface area contributed by atoms with Crippen LogP contribution in [0, 0.1) is 6.92 Å². The molecule has 0 radical (unpaired) electrons. The van der Waals surface area contributed by atoms with Crippen LogP contribution in [0.3, 0.4) is 0 Å². The molecule has 0 saturated heterocycles. The topological polar surface area (TPSA) is 17.0 Å². The van der Waals surface area contributed by atoms with Crippen molar-refractivity contribution in [2.75, 3.05) is 0 Å². The fourth-order valence-electron chi connectivity index (χ4n) is 5.37. The van der Waals surface area contributed by atoms with Crippen molar-refractivity contribution >= 4 is 21.9 Å². The van der Waals surface area contributed by atoms with Gasteiger partial charge in [-0.15, -0.1) is 0 Å². The van der Waals surface area contributed by atoms with Gasteiger partial charge in [-0.3, -0.25) is 0 Å². The third kappa shape index (κ3) is 2.76. The number of rotatable bonds is 2. The van der Waals surface area contributed by atoms with E-state index in [0.717, 1.165) is 66.6 Å². The summed E-state index contributed by atoms with van der Waals surface area (Å²) in [6.45, 7) is 5.48. The Kier molecular flexibility index (Phi) is 3.35. The standard InChI is InChI=1S/C31H30NO/c1-18(2)20-13-14-32(6)27(15-20)29-19(3)11-12-22-24-16-26-23(17-28(24)33-30(22)29)21-9-7-8-10-25(21)31(26,4)5/h7-18H,1-6H3/q+1/i4D3,18D. The summed E-state index contributed by atoms with van der Waals surface area (Å²) in [6, 6.07) is 20.1. The predicted molar refractivity (Wildman–Crippen MR) is 137 cm³/mol. The molecule has 0 amide bonds. The van der Waals surface area contributed by atoms with Crippen molar-refractivity contribution in [3.63, 3.8) is 0 Å². The zero-order valence-electron chi connectivity index (χ0n) is 23.7. The maximum absolute atomic E-state index is 8.55. The van der Waals surface area contributed by atoms with Crippen LogP contribution in [-0.2, 0) is 12.5 Å². The van der Waals surface area contributed by atoms with Crippen molar-refractivity contribution in [2.24, 2.45) is 7.05 Å². The number of hydrogen-bond acceptors (Lipinski definition) is 1. The summed E-state index contributed by atoms with van der Waals surface area (Å²) >= 11 is 0. The summed E-state index contributed by atoms with van der Waals surface area (Å²) in [4.78, 5) is 0. The molecular formula is C31H30NO+. The molecule has 1 unspecified atom stereocenters. The SMILES string of the molecule is [2H]C(C)(C)c1cc[n+](C)c(-c2c(C)ccc3c2oc2cc4c(cc23)C(C)(C([2H])([2H])[2H])c2ccccc2-4)c1. The number of pyridine rings is 1. The normalized spacial score (nSPS) is 19.7. The van der Waals surface area contributed by atoms with Gasteiger partial charge >= 0.3 is 0 Å². The van der Waals surface area contributed by atoms with Crippen molar-refractivity contribution in [3.8, 4) is 22.4 Å². The zero-order valence-corrected chi connectivity index (χ0v) is 19.7. The van der Waals surface area contributed by atoms with Crippen LogP contribution in [0.5, 0.6) is 0 Å². The Morgan fingerprint density at radius 2 is 1.79 bits per heavy atom. The molecule has 33 heavy (non-hydrogen) atoms. The highest BCUT2D eigenvalue weighted by Crippen LogP contribution is 2.51. The van der Waals surface area contributed by atoms with E-state index < -0.39 is 18.2 Å². The summed E-state index contributed by atoms with van der Waals surface area (Å²) in [5.41, 5.74) is 7.90. The molecule has 2 nitrogen and oxygen atoms in total. The Balaban J connectivity index is 1.68. The highest BCUT2D eigenvalue weighted by Gasteiger charge is 2.36. The van der Waals surface area contributed by atoms with Crippen LogP contribution in [0.25, 0.3) is 44.3 Å². The molecule has 3 aromatic carbocycles. The smallest absolute Gasteiger partial charge is 0.216 e. The number of benzene rings is 3. The first-order valence-electron chi connectivity index (χ1n) is 13.4. The summed E-state index contributed by atoms with van der Waals surface area (Å²) in [5, 5.41) is 1.87. The lowest BCUT2D eigenvalue weighted by Crippen LogP contribution is -2.31. The Bertz CT molecular complexity index is 1740. The molecule has 2 aromatic heterocycles. The van der Waals surface area contributed by atoms with Gasteiger partial charge in [0.05, 0.1) is 5.56 Å². The van der Waals surface area contributed by atoms with Crippen LogP contribution in [0.1, 0.15) is 61.3 Å². The summed E-state index contributed by atoms with van der Waals surface area (Å²) in [5.74, 6) is -0.730. The summed E-state index contributed by atoms with van der Waals surface area (Å²) < 4.78 is 42.7. The van der Waals surface area contributed by atoms with Gasteiger partial charge in [0.15, 0.2) is 6.20 Å². The van der Waals surface area contributed by atoms with Gasteiger partial charge in [0.25, 0.3) is 0 Å². The van der Waals surface area contributed by atoms with E-state index in [1.54, 1.807) is 0 Å². The third-order valence-electron chi connectivity index (χ3n) is 7.27. The van der Waals surface area contributed by atoms with Gasteiger partial charge in [0.2, 0.25) is 5.69 Å². The molecule has 0 bridgehead atoms. The molecule has 164 valence electrons. The van der Waals surface area contributed by atoms with Gasteiger partial charge in [-0.2, -0.15) is 0 Å². The third-order valence-corrected chi connectivity index (χ3v) is 7.27.